The van der Waals surface area contributed by atoms with Gasteiger partial charge < -0.3 is 26.2 Å². The second-order valence-electron chi connectivity index (χ2n) is 5.57. The van der Waals surface area contributed by atoms with Gasteiger partial charge in [-0.1, -0.05) is 6.07 Å². The number of carbonyl (C=O) groups is 3. The Morgan fingerprint density at radius 1 is 1.30 bits per heavy atom. The number of rotatable bonds is 7. The van der Waals surface area contributed by atoms with Crippen LogP contribution in [0.25, 0.3) is 0 Å². The molecular formula is C15H21N3O5. The molecule has 0 aliphatic rings. The lowest BCUT2D eigenvalue weighted by Gasteiger charge is -2.19. The molecule has 0 aliphatic heterocycles. The maximum atomic E-state index is 11.9. The topological polar surface area (TPSA) is 131 Å². The van der Waals surface area contributed by atoms with Crippen LogP contribution in [0.3, 0.4) is 0 Å². The molecule has 1 rings (SSSR count). The van der Waals surface area contributed by atoms with Crippen molar-refractivity contribution in [3.63, 3.8) is 0 Å². The Hall–Kier alpha value is -2.77. The summed E-state index contributed by atoms with van der Waals surface area (Å²) >= 11 is 0. The molecule has 8 nitrogen and oxygen atoms in total. The summed E-state index contributed by atoms with van der Waals surface area (Å²) in [5.74, 6) is -1.44. The number of ether oxygens (including phenoxy) is 1. The van der Waals surface area contributed by atoms with Crippen molar-refractivity contribution in [2.24, 2.45) is 11.1 Å². The van der Waals surface area contributed by atoms with Gasteiger partial charge in [-0.15, -0.1) is 0 Å². The number of hydrogen-bond donors (Lipinski definition) is 4. The number of hydrogen-bond acceptors (Lipinski definition) is 4. The van der Waals surface area contributed by atoms with Gasteiger partial charge in [0.1, 0.15) is 0 Å². The molecule has 0 aromatic heterocycles. The van der Waals surface area contributed by atoms with Crippen LogP contribution in [0.5, 0.6) is 5.75 Å². The van der Waals surface area contributed by atoms with E-state index in [-0.39, 0.29) is 24.3 Å². The molecule has 23 heavy (non-hydrogen) atoms. The Kier molecular flexibility index (Phi) is 5.94. The number of primary amides is 1. The second-order valence-corrected chi connectivity index (χ2v) is 5.57. The zero-order chi connectivity index (χ0) is 17.6. The number of nitrogens with one attached hydrogen (secondary N) is 2. The van der Waals surface area contributed by atoms with Crippen LogP contribution < -0.4 is 21.1 Å². The Labute approximate surface area is 134 Å². The third-order valence-electron chi connectivity index (χ3n) is 3.35. The quantitative estimate of drug-likeness (QED) is 0.602. The van der Waals surface area contributed by atoms with Crippen molar-refractivity contribution in [1.29, 1.82) is 0 Å². The zero-order valence-electron chi connectivity index (χ0n) is 13.3. The number of benzene rings is 1. The van der Waals surface area contributed by atoms with Crippen LogP contribution in [0.2, 0.25) is 0 Å². The van der Waals surface area contributed by atoms with Crippen LogP contribution >= 0.6 is 0 Å². The van der Waals surface area contributed by atoms with Crippen LogP contribution in [0.4, 0.5) is 10.5 Å². The van der Waals surface area contributed by atoms with Crippen molar-refractivity contribution in [1.82, 2.24) is 5.32 Å². The van der Waals surface area contributed by atoms with Gasteiger partial charge in [0.05, 0.1) is 23.8 Å². The third kappa shape index (κ3) is 4.87. The highest BCUT2D eigenvalue weighted by atomic mass is 16.5. The number of para-hydroxylation sites is 1. The number of amides is 3. The normalized spacial score (nSPS) is 10.7. The van der Waals surface area contributed by atoms with Crippen molar-refractivity contribution in [3.05, 3.63) is 23.8 Å². The molecule has 0 radical (unpaired) electrons. The molecule has 0 bridgehead atoms. The van der Waals surface area contributed by atoms with E-state index in [1.165, 1.54) is 13.2 Å². The third-order valence-corrected chi connectivity index (χ3v) is 3.35. The van der Waals surface area contributed by atoms with Crippen LogP contribution in [-0.4, -0.2) is 36.7 Å². The molecule has 5 N–H and O–H groups in total. The molecule has 0 spiro atoms. The van der Waals surface area contributed by atoms with Gasteiger partial charge in [0.15, 0.2) is 5.75 Å². The molecule has 8 heteroatoms. The Morgan fingerprint density at radius 3 is 2.48 bits per heavy atom. The molecule has 1 aromatic rings. The molecule has 126 valence electrons. The first-order valence-corrected chi connectivity index (χ1v) is 6.94. The van der Waals surface area contributed by atoms with E-state index in [0.29, 0.717) is 5.69 Å². The van der Waals surface area contributed by atoms with Crippen LogP contribution in [0.1, 0.15) is 30.6 Å². The molecule has 0 saturated carbocycles. The maximum Gasteiger partial charge on any atom is 0.319 e. The Balaban J connectivity index is 2.70. The molecule has 0 unspecified atom stereocenters. The smallest absolute Gasteiger partial charge is 0.319 e. The molecule has 0 atom stereocenters. The van der Waals surface area contributed by atoms with E-state index in [4.69, 9.17) is 15.6 Å². The summed E-state index contributed by atoms with van der Waals surface area (Å²) in [6, 6.07) is 4.07. The average molecular weight is 323 g/mol. The molecule has 0 fully saturated rings. The summed E-state index contributed by atoms with van der Waals surface area (Å²) < 4.78 is 5.11. The van der Waals surface area contributed by atoms with Gasteiger partial charge in [-0.25, -0.2) is 4.79 Å². The van der Waals surface area contributed by atoms with Crippen LogP contribution in [0, 0.1) is 5.41 Å². The molecule has 0 saturated heterocycles. The number of carboxylic acid groups (broad SMARTS) is 1. The molecule has 0 heterocycles. The fraction of sp³-hybridized carbons (Fsp3) is 0.400. The minimum atomic E-state index is -0.935. The SMILES string of the molecule is COc1c(NC(=O)NCCC(C)(C)C(=O)O)cccc1C(N)=O. The van der Waals surface area contributed by atoms with E-state index in [9.17, 15) is 14.4 Å². The van der Waals surface area contributed by atoms with Crippen molar-refractivity contribution >= 4 is 23.6 Å². The van der Waals surface area contributed by atoms with Crippen molar-refractivity contribution < 1.29 is 24.2 Å². The summed E-state index contributed by atoms with van der Waals surface area (Å²) in [5, 5.41) is 14.1. The van der Waals surface area contributed by atoms with E-state index in [0.717, 1.165) is 0 Å². The van der Waals surface area contributed by atoms with Crippen molar-refractivity contribution in [3.8, 4) is 5.75 Å². The minimum Gasteiger partial charge on any atom is -0.494 e. The van der Waals surface area contributed by atoms with Gasteiger partial charge in [-0.05, 0) is 32.4 Å². The van der Waals surface area contributed by atoms with E-state index in [1.807, 2.05) is 0 Å². The highest BCUT2D eigenvalue weighted by Gasteiger charge is 2.26. The largest absolute Gasteiger partial charge is 0.494 e. The van der Waals surface area contributed by atoms with E-state index < -0.39 is 23.3 Å². The van der Waals surface area contributed by atoms with Crippen LogP contribution in [-0.2, 0) is 4.79 Å². The lowest BCUT2D eigenvalue weighted by Crippen LogP contribution is -2.34. The first-order valence-electron chi connectivity index (χ1n) is 6.94. The lowest BCUT2D eigenvalue weighted by molar-refractivity contribution is -0.147. The van der Waals surface area contributed by atoms with Crippen LogP contribution in [0.15, 0.2) is 18.2 Å². The van der Waals surface area contributed by atoms with Gasteiger partial charge in [0.2, 0.25) is 0 Å². The fourth-order valence-corrected chi connectivity index (χ4v) is 1.81. The summed E-state index contributed by atoms with van der Waals surface area (Å²) in [6.45, 7) is 3.34. The average Bonchev–Trinajstić information content (AvgIpc) is 2.46. The fourth-order valence-electron chi connectivity index (χ4n) is 1.81. The standard InChI is InChI=1S/C15H21N3O5/c1-15(2,13(20)21)7-8-17-14(22)18-10-6-4-5-9(12(16)19)11(10)23-3/h4-6H,7-8H2,1-3H3,(H2,16,19)(H,20,21)(H2,17,18,22). The zero-order valence-corrected chi connectivity index (χ0v) is 13.3. The van der Waals surface area contributed by atoms with Gasteiger partial charge in [0.25, 0.3) is 5.91 Å². The Morgan fingerprint density at radius 2 is 1.96 bits per heavy atom. The number of methoxy groups -OCH3 is 1. The molecule has 0 aliphatic carbocycles. The lowest BCUT2D eigenvalue weighted by atomic mass is 9.90. The van der Waals surface area contributed by atoms with Gasteiger partial charge >= 0.3 is 12.0 Å². The first-order chi connectivity index (χ1) is 10.7. The second kappa shape index (κ2) is 7.48. The number of carboxylic acids is 1. The van der Waals surface area contributed by atoms with Crippen molar-refractivity contribution in [2.75, 3.05) is 19.0 Å². The monoisotopic (exact) mass is 323 g/mol. The number of anilines is 1. The van der Waals surface area contributed by atoms with E-state index in [2.05, 4.69) is 10.6 Å². The summed E-state index contributed by atoms with van der Waals surface area (Å²) in [7, 11) is 1.36. The predicted octanol–water partition coefficient (Wildman–Crippen LogP) is 1.42. The van der Waals surface area contributed by atoms with E-state index in [1.54, 1.807) is 26.0 Å². The summed E-state index contributed by atoms with van der Waals surface area (Å²) in [6.07, 6.45) is 0.272. The number of nitrogens with two attached hydrogens (primary N) is 1. The number of carbonyl (C=O) groups excluding carboxylic acids is 2. The Bertz CT molecular complexity index is 613. The van der Waals surface area contributed by atoms with Crippen molar-refractivity contribution in [2.45, 2.75) is 20.3 Å². The predicted molar refractivity (Wildman–Crippen MR) is 84.6 cm³/mol. The summed E-state index contributed by atoms with van der Waals surface area (Å²) in [4.78, 5) is 34.2. The molecular weight excluding hydrogens is 302 g/mol. The number of aliphatic carboxylic acids is 1. The van der Waals surface area contributed by atoms with Gasteiger partial charge in [-0.2, -0.15) is 0 Å². The van der Waals surface area contributed by atoms with Gasteiger partial charge in [-0.3, -0.25) is 9.59 Å². The molecule has 1 aromatic carbocycles. The highest BCUT2D eigenvalue weighted by Crippen LogP contribution is 2.28. The molecule has 3 amide bonds. The highest BCUT2D eigenvalue weighted by molar-refractivity contribution is 6.00. The maximum absolute atomic E-state index is 11.9. The summed E-state index contributed by atoms with van der Waals surface area (Å²) in [5.41, 5.74) is 4.75. The minimum absolute atomic E-state index is 0.150. The number of urea groups is 1. The first kappa shape index (κ1) is 18.3. The van der Waals surface area contributed by atoms with Gasteiger partial charge in [0, 0.05) is 6.54 Å². The van der Waals surface area contributed by atoms with E-state index >= 15 is 0 Å².